The highest BCUT2D eigenvalue weighted by molar-refractivity contribution is 7.14. The molecule has 0 aliphatic carbocycles. The van der Waals surface area contributed by atoms with Crippen LogP contribution in [0, 0.1) is 0 Å². The topological polar surface area (TPSA) is 60.5 Å². The molecule has 1 amide bonds. The summed E-state index contributed by atoms with van der Waals surface area (Å²) >= 11 is 1.51. The monoisotopic (exact) mass is 368 g/mol. The second kappa shape index (κ2) is 7.85. The van der Waals surface area contributed by atoms with Crippen molar-refractivity contribution in [3.8, 4) is 5.75 Å². The van der Waals surface area contributed by atoms with Crippen molar-refractivity contribution >= 4 is 28.1 Å². The molecule has 0 spiro atoms. The van der Waals surface area contributed by atoms with Crippen LogP contribution in [-0.4, -0.2) is 30.6 Å². The zero-order valence-corrected chi connectivity index (χ0v) is 15.1. The summed E-state index contributed by atoms with van der Waals surface area (Å²) < 4.78 is 11.5. The molecule has 1 aromatic carbocycles. The molecule has 1 atom stereocenters. The van der Waals surface area contributed by atoms with Gasteiger partial charge in [0.2, 0.25) is 0 Å². The normalized spacial score (nSPS) is 16.7. The Morgan fingerprint density at radius 3 is 3.08 bits per heavy atom. The van der Waals surface area contributed by atoms with Gasteiger partial charge in [0.05, 0.1) is 17.5 Å². The van der Waals surface area contributed by atoms with Crippen molar-refractivity contribution in [3.63, 3.8) is 0 Å². The van der Waals surface area contributed by atoms with Crippen molar-refractivity contribution < 1.29 is 14.3 Å². The van der Waals surface area contributed by atoms with E-state index in [4.69, 9.17) is 9.47 Å². The molecule has 1 aliphatic rings. The molecule has 3 aromatic rings. The molecule has 1 aliphatic heterocycles. The lowest BCUT2D eigenvalue weighted by molar-refractivity contribution is 0.0951. The fourth-order valence-corrected chi connectivity index (χ4v) is 4.06. The van der Waals surface area contributed by atoms with Gasteiger partial charge in [-0.25, -0.2) is 0 Å². The second-order valence-electron chi connectivity index (χ2n) is 6.14. The first-order valence-electron chi connectivity index (χ1n) is 8.77. The number of nitrogens with zero attached hydrogens (tertiary/aromatic N) is 1. The third-order valence-corrected chi connectivity index (χ3v) is 5.51. The van der Waals surface area contributed by atoms with Gasteiger partial charge in [-0.1, -0.05) is 18.2 Å². The van der Waals surface area contributed by atoms with E-state index in [0.717, 1.165) is 41.0 Å². The summed E-state index contributed by atoms with van der Waals surface area (Å²) in [5.41, 5.74) is 0.834. The van der Waals surface area contributed by atoms with E-state index in [1.54, 1.807) is 6.20 Å². The summed E-state index contributed by atoms with van der Waals surface area (Å²) in [6, 6.07) is 13.6. The molecule has 134 valence electrons. The molecular formula is C20H20N2O3S. The van der Waals surface area contributed by atoms with E-state index >= 15 is 0 Å². The van der Waals surface area contributed by atoms with Crippen molar-refractivity contribution in [3.05, 3.63) is 58.4 Å². The van der Waals surface area contributed by atoms with Crippen molar-refractivity contribution in [2.75, 3.05) is 19.8 Å². The maximum absolute atomic E-state index is 12.3. The van der Waals surface area contributed by atoms with Crippen LogP contribution >= 0.6 is 11.3 Å². The van der Waals surface area contributed by atoms with Gasteiger partial charge in [0, 0.05) is 23.1 Å². The number of ether oxygens (including phenoxy) is 2. The van der Waals surface area contributed by atoms with Gasteiger partial charge in [0.15, 0.2) is 0 Å². The van der Waals surface area contributed by atoms with E-state index in [1.165, 1.54) is 11.3 Å². The van der Waals surface area contributed by atoms with E-state index in [0.29, 0.717) is 18.0 Å². The molecule has 26 heavy (non-hydrogen) atoms. The maximum Gasteiger partial charge on any atom is 0.261 e. The standard InChI is InChI=1S/C20H20N2O3S/c23-20(18-9-8-17(26-18)15-7-3-12-24-15)22-11-13-25-16-6-1-4-14-5-2-10-21-19(14)16/h1-2,4-6,8-10,15H,3,7,11-13H2,(H,22,23)/t15-/m1/s1. The van der Waals surface area contributed by atoms with Gasteiger partial charge in [0.1, 0.15) is 17.9 Å². The summed E-state index contributed by atoms with van der Waals surface area (Å²) in [4.78, 5) is 18.5. The number of pyridine rings is 1. The lowest BCUT2D eigenvalue weighted by Gasteiger charge is -2.09. The first kappa shape index (κ1) is 17.0. The van der Waals surface area contributed by atoms with Crippen molar-refractivity contribution in [2.24, 2.45) is 0 Å². The number of thiophene rings is 1. The fourth-order valence-electron chi connectivity index (χ4n) is 3.06. The van der Waals surface area contributed by atoms with Crippen LogP contribution in [0.5, 0.6) is 5.75 Å². The van der Waals surface area contributed by atoms with Gasteiger partial charge in [-0.3, -0.25) is 9.78 Å². The van der Waals surface area contributed by atoms with Crippen LogP contribution < -0.4 is 10.1 Å². The van der Waals surface area contributed by atoms with Crippen LogP contribution in [-0.2, 0) is 4.74 Å². The Hall–Kier alpha value is -2.44. The van der Waals surface area contributed by atoms with Gasteiger partial charge in [-0.2, -0.15) is 0 Å². The van der Waals surface area contributed by atoms with E-state index in [1.807, 2.05) is 42.5 Å². The maximum atomic E-state index is 12.3. The number of para-hydroxylation sites is 1. The van der Waals surface area contributed by atoms with E-state index in [2.05, 4.69) is 10.3 Å². The molecule has 6 heteroatoms. The van der Waals surface area contributed by atoms with Crippen LogP contribution in [0.2, 0.25) is 0 Å². The average Bonchev–Trinajstić information content (AvgIpc) is 3.36. The summed E-state index contributed by atoms with van der Waals surface area (Å²) in [5, 5.41) is 3.94. The predicted molar refractivity (Wildman–Crippen MR) is 102 cm³/mol. The molecule has 1 fully saturated rings. The highest BCUT2D eigenvalue weighted by Crippen LogP contribution is 2.33. The Morgan fingerprint density at radius 2 is 2.19 bits per heavy atom. The number of rotatable bonds is 6. The SMILES string of the molecule is O=C(NCCOc1cccc2cccnc12)c1ccc([C@H]2CCCO2)s1. The van der Waals surface area contributed by atoms with Crippen LogP contribution in [0.4, 0.5) is 0 Å². The third-order valence-electron chi connectivity index (χ3n) is 4.34. The number of fused-ring (bicyclic) bond motifs is 1. The summed E-state index contributed by atoms with van der Waals surface area (Å²) in [6.07, 6.45) is 4.03. The molecule has 5 nitrogen and oxygen atoms in total. The van der Waals surface area contributed by atoms with Crippen LogP contribution in [0.15, 0.2) is 48.7 Å². The molecule has 2 aromatic heterocycles. The predicted octanol–water partition coefficient (Wildman–Crippen LogP) is 3.96. The number of hydrogen-bond donors (Lipinski definition) is 1. The van der Waals surface area contributed by atoms with Crippen molar-refractivity contribution in [1.29, 1.82) is 0 Å². The molecule has 3 heterocycles. The number of hydrogen-bond acceptors (Lipinski definition) is 5. The average molecular weight is 368 g/mol. The molecule has 1 N–H and O–H groups in total. The lowest BCUT2D eigenvalue weighted by Crippen LogP contribution is -2.27. The van der Waals surface area contributed by atoms with Gasteiger partial charge in [-0.05, 0) is 37.1 Å². The van der Waals surface area contributed by atoms with Gasteiger partial charge in [-0.15, -0.1) is 11.3 Å². The van der Waals surface area contributed by atoms with Gasteiger partial charge < -0.3 is 14.8 Å². The lowest BCUT2D eigenvalue weighted by atomic mass is 10.2. The first-order valence-corrected chi connectivity index (χ1v) is 9.59. The van der Waals surface area contributed by atoms with E-state index in [-0.39, 0.29) is 12.0 Å². The quantitative estimate of drug-likeness (QED) is 0.669. The molecular weight excluding hydrogens is 348 g/mol. The summed E-state index contributed by atoms with van der Waals surface area (Å²) in [6.45, 7) is 1.64. The number of nitrogens with one attached hydrogen (secondary N) is 1. The number of amides is 1. The fraction of sp³-hybridized carbons (Fsp3) is 0.300. The zero-order valence-electron chi connectivity index (χ0n) is 14.3. The summed E-state index contributed by atoms with van der Waals surface area (Å²) in [7, 11) is 0. The Kier molecular flexibility index (Phi) is 5.13. The molecule has 0 bridgehead atoms. The Morgan fingerprint density at radius 1 is 1.27 bits per heavy atom. The number of aromatic nitrogens is 1. The second-order valence-corrected chi connectivity index (χ2v) is 7.25. The highest BCUT2D eigenvalue weighted by Gasteiger charge is 2.20. The van der Waals surface area contributed by atoms with Gasteiger partial charge >= 0.3 is 0 Å². The van der Waals surface area contributed by atoms with E-state index in [9.17, 15) is 4.79 Å². The minimum Gasteiger partial charge on any atom is -0.489 e. The van der Waals surface area contributed by atoms with Gasteiger partial charge in [0.25, 0.3) is 5.91 Å². The first-order chi connectivity index (χ1) is 12.8. The number of carbonyl (C=O) groups is 1. The number of benzene rings is 1. The number of carbonyl (C=O) groups excluding carboxylic acids is 1. The molecule has 1 saturated heterocycles. The molecule has 0 saturated carbocycles. The van der Waals surface area contributed by atoms with Crippen molar-refractivity contribution in [2.45, 2.75) is 18.9 Å². The van der Waals surface area contributed by atoms with E-state index < -0.39 is 0 Å². The van der Waals surface area contributed by atoms with Crippen LogP contribution in [0.1, 0.15) is 33.5 Å². The largest absolute Gasteiger partial charge is 0.489 e. The zero-order chi connectivity index (χ0) is 17.8. The molecule has 0 unspecified atom stereocenters. The Labute approximate surface area is 156 Å². The van der Waals surface area contributed by atoms with Crippen molar-refractivity contribution in [1.82, 2.24) is 10.3 Å². The third kappa shape index (κ3) is 3.71. The molecule has 0 radical (unpaired) electrons. The smallest absolute Gasteiger partial charge is 0.261 e. The minimum absolute atomic E-state index is 0.0705. The minimum atomic E-state index is -0.0705. The highest BCUT2D eigenvalue weighted by atomic mass is 32.1. The molecule has 4 rings (SSSR count). The Balaban J connectivity index is 1.30. The summed E-state index contributed by atoms with van der Waals surface area (Å²) in [5.74, 6) is 0.660. The van der Waals surface area contributed by atoms with Crippen LogP contribution in [0.3, 0.4) is 0 Å². The Bertz CT molecular complexity index is 897. The van der Waals surface area contributed by atoms with Crippen LogP contribution in [0.25, 0.3) is 10.9 Å².